The molecule has 0 bridgehead atoms. The van der Waals surface area contributed by atoms with Crippen LogP contribution >= 0.6 is 0 Å². The van der Waals surface area contributed by atoms with Gasteiger partial charge in [-0.15, -0.1) is 0 Å². The lowest BCUT2D eigenvalue weighted by molar-refractivity contribution is -0.131. The first-order valence-electron chi connectivity index (χ1n) is 6.41. The first-order chi connectivity index (χ1) is 9.06. The van der Waals surface area contributed by atoms with Crippen molar-refractivity contribution in [3.05, 3.63) is 29.8 Å². The van der Waals surface area contributed by atoms with Crippen molar-refractivity contribution in [2.45, 2.75) is 33.3 Å². The molecule has 0 aromatic heterocycles. The van der Waals surface area contributed by atoms with E-state index >= 15 is 0 Å². The molecule has 0 radical (unpaired) electrons. The second-order valence-corrected chi connectivity index (χ2v) is 4.15. The van der Waals surface area contributed by atoms with E-state index in [1.807, 2.05) is 13.8 Å². The molecule has 0 heterocycles. The molecule has 0 aliphatic heterocycles. The lowest BCUT2D eigenvalue weighted by Crippen LogP contribution is -2.10. The number of ether oxygens (including phenoxy) is 2. The largest absolute Gasteiger partial charge is 0.490 e. The van der Waals surface area contributed by atoms with E-state index in [-0.39, 0.29) is 6.10 Å². The van der Waals surface area contributed by atoms with Crippen molar-refractivity contribution in [2.75, 3.05) is 6.61 Å². The third kappa shape index (κ3) is 5.04. The van der Waals surface area contributed by atoms with Crippen LogP contribution in [0.1, 0.15) is 32.8 Å². The molecule has 0 fully saturated rings. The number of hydrogen-bond donors (Lipinski definition) is 1. The highest BCUT2D eigenvalue weighted by Gasteiger charge is 2.08. The van der Waals surface area contributed by atoms with Crippen LogP contribution in [-0.2, 0) is 4.79 Å². The quantitative estimate of drug-likeness (QED) is 0.767. The van der Waals surface area contributed by atoms with Gasteiger partial charge in [0.1, 0.15) is 0 Å². The van der Waals surface area contributed by atoms with Gasteiger partial charge in [0.2, 0.25) is 0 Å². The molecule has 0 amide bonds. The van der Waals surface area contributed by atoms with E-state index in [0.29, 0.717) is 18.1 Å². The summed E-state index contributed by atoms with van der Waals surface area (Å²) < 4.78 is 11.3. The second kappa shape index (κ2) is 7.46. The van der Waals surface area contributed by atoms with Crippen LogP contribution < -0.4 is 9.47 Å². The first-order valence-corrected chi connectivity index (χ1v) is 6.41. The number of rotatable bonds is 7. The van der Waals surface area contributed by atoms with Gasteiger partial charge in [0, 0.05) is 6.08 Å². The minimum Gasteiger partial charge on any atom is -0.490 e. The van der Waals surface area contributed by atoms with Crippen LogP contribution in [0.15, 0.2) is 24.3 Å². The van der Waals surface area contributed by atoms with Crippen molar-refractivity contribution in [1.82, 2.24) is 0 Å². The fourth-order valence-corrected chi connectivity index (χ4v) is 1.46. The van der Waals surface area contributed by atoms with Gasteiger partial charge in [0.15, 0.2) is 11.5 Å². The Kier molecular flexibility index (Phi) is 5.93. The number of hydrogen-bond acceptors (Lipinski definition) is 3. The maximum Gasteiger partial charge on any atom is 0.328 e. The molecule has 0 saturated carbocycles. The molecule has 0 aliphatic carbocycles. The average Bonchev–Trinajstić information content (AvgIpc) is 2.39. The highest BCUT2D eigenvalue weighted by atomic mass is 16.5. The highest BCUT2D eigenvalue weighted by molar-refractivity contribution is 5.85. The SMILES string of the molecule is CCOc1cc(/C=C/C(=O)O)ccc1O[C@H](C)CC. The predicted molar refractivity (Wildman–Crippen MR) is 74.7 cm³/mol. The van der Waals surface area contributed by atoms with Crippen molar-refractivity contribution in [3.8, 4) is 11.5 Å². The summed E-state index contributed by atoms with van der Waals surface area (Å²) in [5.74, 6) is 0.344. The number of aliphatic carboxylic acids is 1. The van der Waals surface area contributed by atoms with Gasteiger partial charge >= 0.3 is 5.97 Å². The first kappa shape index (κ1) is 15.1. The van der Waals surface area contributed by atoms with Gasteiger partial charge in [0.25, 0.3) is 0 Å². The van der Waals surface area contributed by atoms with E-state index in [0.717, 1.165) is 18.1 Å². The minimum absolute atomic E-state index is 0.111. The van der Waals surface area contributed by atoms with Crippen LogP contribution in [0.2, 0.25) is 0 Å². The van der Waals surface area contributed by atoms with Crippen LogP contribution in [0.25, 0.3) is 6.08 Å². The van der Waals surface area contributed by atoms with Crippen molar-refractivity contribution in [3.63, 3.8) is 0 Å². The van der Waals surface area contributed by atoms with Gasteiger partial charge in [0.05, 0.1) is 12.7 Å². The summed E-state index contributed by atoms with van der Waals surface area (Å²) in [6.07, 6.45) is 3.64. The fourth-order valence-electron chi connectivity index (χ4n) is 1.46. The van der Waals surface area contributed by atoms with Crippen LogP contribution in [-0.4, -0.2) is 23.8 Å². The Bertz CT molecular complexity index is 451. The monoisotopic (exact) mass is 264 g/mol. The van der Waals surface area contributed by atoms with E-state index in [1.54, 1.807) is 18.2 Å². The maximum atomic E-state index is 10.5. The molecule has 1 aromatic carbocycles. The summed E-state index contributed by atoms with van der Waals surface area (Å²) >= 11 is 0. The van der Waals surface area contributed by atoms with Gasteiger partial charge in [-0.2, -0.15) is 0 Å². The van der Waals surface area contributed by atoms with Crippen LogP contribution in [0, 0.1) is 0 Å². The summed E-state index contributed by atoms with van der Waals surface area (Å²) in [5, 5.41) is 8.61. The number of carbonyl (C=O) groups is 1. The smallest absolute Gasteiger partial charge is 0.328 e. The van der Waals surface area contributed by atoms with Crippen LogP contribution in [0.3, 0.4) is 0 Å². The molecular formula is C15H20O4. The van der Waals surface area contributed by atoms with E-state index in [9.17, 15) is 4.79 Å². The molecule has 0 spiro atoms. The Balaban J connectivity index is 2.96. The Morgan fingerprint density at radius 2 is 2.11 bits per heavy atom. The zero-order valence-corrected chi connectivity index (χ0v) is 11.6. The fraction of sp³-hybridized carbons (Fsp3) is 0.400. The van der Waals surface area contributed by atoms with E-state index in [4.69, 9.17) is 14.6 Å². The molecule has 4 heteroatoms. The van der Waals surface area contributed by atoms with E-state index < -0.39 is 5.97 Å². The molecule has 1 rings (SSSR count). The standard InChI is InChI=1S/C15H20O4/c1-4-11(3)19-13-8-6-12(7-9-15(16)17)10-14(13)18-5-2/h6-11H,4-5H2,1-3H3,(H,16,17)/b9-7+/t11-/m1/s1. The third-order valence-corrected chi connectivity index (χ3v) is 2.59. The van der Waals surface area contributed by atoms with Gasteiger partial charge < -0.3 is 14.6 Å². The molecule has 1 aromatic rings. The zero-order valence-electron chi connectivity index (χ0n) is 11.6. The molecule has 4 nitrogen and oxygen atoms in total. The predicted octanol–water partition coefficient (Wildman–Crippen LogP) is 3.36. The van der Waals surface area contributed by atoms with Gasteiger partial charge in [-0.1, -0.05) is 13.0 Å². The Morgan fingerprint density at radius 1 is 1.37 bits per heavy atom. The molecule has 1 atom stereocenters. The third-order valence-electron chi connectivity index (χ3n) is 2.59. The topological polar surface area (TPSA) is 55.8 Å². The Labute approximate surface area is 113 Å². The van der Waals surface area contributed by atoms with Crippen molar-refractivity contribution >= 4 is 12.0 Å². The highest BCUT2D eigenvalue weighted by Crippen LogP contribution is 2.30. The van der Waals surface area contributed by atoms with Gasteiger partial charge in [-0.25, -0.2) is 4.79 Å². The Hall–Kier alpha value is -1.97. The second-order valence-electron chi connectivity index (χ2n) is 4.15. The summed E-state index contributed by atoms with van der Waals surface area (Å²) in [5.41, 5.74) is 0.766. The van der Waals surface area contributed by atoms with Gasteiger partial charge in [-0.05, 0) is 44.0 Å². The molecule has 1 N–H and O–H groups in total. The summed E-state index contributed by atoms with van der Waals surface area (Å²) in [6.45, 7) is 6.47. The van der Waals surface area contributed by atoms with Crippen molar-refractivity contribution in [1.29, 1.82) is 0 Å². The summed E-state index contributed by atoms with van der Waals surface area (Å²) in [4.78, 5) is 10.5. The molecule has 0 saturated heterocycles. The molecular weight excluding hydrogens is 244 g/mol. The lowest BCUT2D eigenvalue weighted by Gasteiger charge is -2.16. The van der Waals surface area contributed by atoms with Crippen LogP contribution in [0.5, 0.6) is 11.5 Å². The number of carboxylic acid groups (broad SMARTS) is 1. The molecule has 0 unspecified atom stereocenters. The summed E-state index contributed by atoms with van der Waals surface area (Å²) in [6, 6.07) is 5.39. The molecule has 19 heavy (non-hydrogen) atoms. The Morgan fingerprint density at radius 3 is 2.68 bits per heavy atom. The minimum atomic E-state index is -0.974. The van der Waals surface area contributed by atoms with Crippen LogP contribution in [0.4, 0.5) is 0 Å². The maximum absolute atomic E-state index is 10.5. The van der Waals surface area contributed by atoms with Crippen molar-refractivity contribution in [2.24, 2.45) is 0 Å². The number of benzene rings is 1. The molecule has 104 valence electrons. The van der Waals surface area contributed by atoms with Crippen molar-refractivity contribution < 1.29 is 19.4 Å². The molecule has 0 aliphatic rings. The van der Waals surface area contributed by atoms with E-state index in [2.05, 4.69) is 6.92 Å². The van der Waals surface area contributed by atoms with E-state index in [1.165, 1.54) is 6.08 Å². The van der Waals surface area contributed by atoms with Gasteiger partial charge in [-0.3, -0.25) is 0 Å². The lowest BCUT2D eigenvalue weighted by atomic mass is 10.2. The summed E-state index contributed by atoms with van der Waals surface area (Å²) in [7, 11) is 0. The normalized spacial score (nSPS) is 12.4. The zero-order chi connectivity index (χ0) is 14.3. The average molecular weight is 264 g/mol. The number of carboxylic acids is 1.